The van der Waals surface area contributed by atoms with E-state index >= 15 is 0 Å². The van der Waals surface area contributed by atoms with Crippen LogP contribution >= 0.6 is 0 Å². The molecule has 0 spiro atoms. The van der Waals surface area contributed by atoms with Crippen LogP contribution in [0.5, 0.6) is 0 Å². The SMILES string of the molecule is C=C1CCC[C@H]1c1ccc2ccccc2c1. The first-order valence-electron chi connectivity index (χ1n) is 6.01. The molecule has 1 atom stereocenters. The van der Waals surface area contributed by atoms with Gasteiger partial charge in [0.15, 0.2) is 0 Å². The fraction of sp³-hybridized carbons (Fsp3) is 0.250. The molecule has 2 aromatic rings. The summed E-state index contributed by atoms with van der Waals surface area (Å²) in [6.45, 7) is 4.19. The van der Waals surface area contributed by atoms with Crippen LogP contribution in [0, 0.1) is 0 Å². The van der Waals surface area contributed by atoms with Gasteiger partial charge in [0.05, 0.1) is 0 Å². The summed E-state index contributed by atoms with van der Waals surface area (Å²) in [5, 5.41) is 2.68. The average Bonchev–Trinajstić information content (AvgIpc) is 2.75. The Balaban J connectivity index is 2.08. The highest BCUT2D eigenvalue weighted by molar-refractivity contribution is 5.83. The van der Waals surface area contributed by atoms with Gasteiger partial charge in [0.25, 0.3) is 0 Å². The van der Waals surface area contributed by atoms with Gasteiger partial charge >= 0.3 is 0 Å². The third kappa shape index (κ3) is 1.55. The van der Waals surface area contributed by atoms with Crippen molar-refractivity contribution < 1.29 is 0 Å². The monoisotopic (exact) mass is 208 g/mol. The maximum absolute atomic E-state index is 4.19. The molecule has 0 heterocycles. The maximum atomic E-state index is 4.19. The van der Waals surface area contributed by atoms with Gasteiger partial charge in [-0.2, -0.15) is 0 Å². The average molecular weight is 208 g/mol. The Morgan fingerprint density at radius 2 is 1.81 bits per heavy atom. The molecule has 0 saturated heterocycles. The third-order valence-corrected chi connectivity index (χ3v) is 3.66. The Bertz CT molecular complexity index is 536. The molecule has 0 amide bonds. The van der Waals surface area contributed by atoms with Gasteiger partial charge in [0.1, 0.15) is 0 Å². The predicted molar refractivity (Wildman–Crippen MR) is 69.7 cm³/mol. The van der Waals surface area contributed by atoms with Gasteiger partial charge in [-0.25, -0.2) is 0 Å². The Hall–Kier alpha value is -1.56. The molecular formula is C16H16. The first-order chi connectivity index (χ1) is 7.84. The van der Waals surface area contributed by atoms with Gasteiger partial charge < -0.3 is 0 Å². The van der Waals surface area contributed by atoms with E-state index in [2.05, 4.69) is 49.0 Å². The second kappa shape index (κ2) is 3.79. The van der Waals surface area contributed by atoms with E-state index in [4.69, 9.17) is 0 Å². The second-order valence-electron chi connectivity index (χ2n) is 4.71. The number of hydrogen-bond acceptors (Lipinski definition) is 0. The number of allylic oxidation sites excluding steroid dienone is 1. The van der Waals surface area contributed by atoms with Crippen molar-refractivity contribution in [1.82, 2.24) is 0 Å². The van der Waals surface area contributed by atoms with Crippen molar-refractivity contribution in [3.8, 4) is 0 Å². The summed E-state index contributed by atoms with van der Waals surface area (Å²) in [5.74, 6) is 0.601. The largest absolute Gasteiger partial charge is 0.0992 e. The number of hydrogen-bond donors (Lipinski definition) is 0. The van der Waals surface area contributed by atoms with Crippen LogP contribution in [0.2, 0.25) is 0 Å². The smallest absolute Gasteiger partial charge is 0.00458 e. The lowest BCUT2D eigenvalue weighted by molar-refractivity contribution is 0.794. The van der Waals surface area contributed by atoms with E-state index in [0.717, 1.165) is 0 Å². The van der Waals surface area contributed by atoms with E-state index in [1.807, 2.05) is 0 Å². The van der Waals surface area contributed by atoms with Crippen molar-refractivity contribution in [3.63, 3.8) is 0 Å². The molecule has 1 aliphatic carbocycles. The Kier molecular flexibility index (Phi) is 2.28. The van der Waals surface area contributed by atoms with Gasteiger partial charge in [-0.3, -0.25) is 0 Å². The zero-order chi connectivity index (χ0) is 11.0. The van der Waals surface area contributed by atoms with Gasteiger partial charge in [-0.05, 0) is 35.6 Å². The molecular weight excluding hydrogens is 192 g/mol. The van der Waals surface area contributed by atoms with Gasteiger partial charge in [0, 0.05) is 5.92 Å². The van der Waals surface area contributed by atoms with Crippen LogP contribution < -0.4 is 0 Å². The molecule has 0 aliphatic heterocycles. The third-order valence-electron chi connectivity index (χ3n) is 3.66. The Morgan fingerprint density at radius 3 is 2.56 bits per heavy atom. The van der Waals surface area contributed by atoms with Crippen molar-refractivity contribution in [2.24, 2.45) is 0 Å². The van der Waals surface area contributed by atoms with Gasteiger partial charge in [-0.15, -0.1) is 0 Å². The van der Waals surface area contributed by atoms with E-state index in [1.165, 1.54) is 41.2 Å². The molecule has 2 aromatic carbocycles. The first-order valence-corrected chi connectivity index (χ1v) is 6.01. The lowest BCUT2D eigenvalue weighted by Gasteiger charge is -2.12. The molecule has 1 saturated carbocycles. The zero-order valence-electron chi connectivity index (χ0n) is 9.45. The normalized spacial score (nSPS) is 20.5. The molecule has 0 bridgehead atoms. The van der Waals surface area contributed by atoms with Crippen LogP contribution in [0.3, 0.4) is 0 Å². The zero-order valence-corrected chi connectivity index (χ0v) is 9.45. The van der Waals surface area contributed by atoms with Crippen LogP contribution in [0.1, 0.15) is 30.7 Å². The van der Waals surface area contributed by atoms with E-state index < -0.39 is 0 Å². The van der Waals surface area contributed by atoms with Crippen LogP contribution in [0.15, 0.2) is 54.6 Å². The molecule has 80 valence electrons. The quantitative estimate of drug-likeness (QED) is 0.598. The van der Waals surface area contributed by atoms with E-state index in [1.54, 1.807) is 0 Å². The summed E-state index contributed by atoms with van der Waals surface area (Å²) >= 11 is 0. The molecule has 0 unspecified atom stereocenters. The topological polar surface area (TPSA) is 0 Å². The fourth-order valence-corrected chi connectivity index (χ4v) is 2.74. The van der Waals surface area contributed by atoms with Crippen molar-refractivity contribution >= 4 is 10.8 Å². The fourth-order valence-electron chi connectivity index (χ4n) is 2.74. The van der Waals surface area contributed by atoms with Gasteiger partial charge in [0.2, 0.25) is 0 Å². The van der Waals surface area contributed by atoms with Crippen LogP contribution in [-0.2, 0) is 0 Å². The van der Waals surface area contributed by atoms with E-state index in [-0.39, 0.29) is 0 Å². The minimum absolute atomic E-state index is 0.601. The summed E-state index contributed by atoms with van der Waals surface area (Å²) in [6.07, 6.45) is 3.78. The molecule has 1 fully saturated rings. The number of rotatable bonds is 1. The minimum atomic E-state index is 0.601. The predicted octanol–water partition coefficient (Wildman–Crippen LogP) is 4.66. The molecule has 16 heavy (non-hydrogen) atoms. The minimum Gasteiger partial charge on any atom is -0.0992 e. The highest BCUT2D eigenvalue weighted by Gasteiger charge is 2.20. The Morgan fingerprint density at radius 1 is 1.00 bits per heavy atom. The molecule has 0 nitrogen and oxygen atoms in total. The van der Waals surface area contributed by atoms with E-state index in [0.29, 0.717) is 5.92 Å². The summed E-state index contributed by atoms with van der Waals surface area (Å²) < 4.78 is 0. The van der Waals surface area contributed by atoms with Crippen molar-refractivity contribution in [3.05, 3.63) is 60.2 Å². The lowest BCUT2D eigenvalue weighted by atomic mass is 9.93. The molecule has 0 radical (unpaired) electrons. The van der Waals surface area contributed by atoms with Crippen LogP contribution in [0.4, 0.5) is 0 Å². The van der Waals surface area contributed by atoms with Crippen molar-refractivity contribution in [1.29, 1.82) is 0 Å². The van der Waals surface area contributed by atoms with Crippen molar-refractivity contribution in [2.75, 3.05) is 0 Å². The van der Waals surface area contributed by atoms with E-state index in [9.17, 15) is 0 Å². The molecule has 1 aliphatic rings. The van der Waals surface area contributed by atoms with Gasteiger partial charge in [-0.1, -0.05) is 54.6 Å². The molecule has 0 heteroatoms. The second-order valence-corrected chi connectivity index (χ2v) is 4.71. The highest BCUT2D eigenvalue weighted by atomic mass is 14.2. The van der Waals surface area contributed by atoms with Crippen LogP contribution in [0.25, 0.3) is 10.8 Å². The summed E-state index contributed by atoms with van der Waals surface area (Å²) in [6, 6.07) is 15.4. The first kappa shape index (κ1) is 9.65. The highest BCUT2D eigenvalue weighted by Crippen LogP contribution is 2.38. The number of benzene rings is 2. The number of fused-ring (bicyclic) bond motifs is 1. The maximum Gasteiger partial charge on any atom is 0.00458 e. The lowest BCUT2D eigenvalue weighted by Crippen LogP contribution is -1.94. The summed E-state index contributed by atoms with van der Waals surface area (Å²) in [7, 11) is 0. The molecule has 3 rings (SSSR count). The molecule has 0 N–H and O–H groups in total. The standard InChI is InChI=1S/C16H16/c1-12-5-4-8-16(12)15-10-9-13-6-2-3-7-14(13)11-15/h2-3,6-7,9-11,16H,1,4-5,8H2/t16-/m1/s1. The van der Waals surface area contributed by atoms with Crippen LogP contribution in [-0.4, -0.2) is 0 Å². The van der Waals surface area contributed by atoms with Crippen molar-refractivity contribution in [2.45, 2.75) is 25.2 Å². The summed E-state index contributed by atoms with van der Waals surface area (Å²) in [5.41, 5.74) is 2.86. The molecule has 0 aromatic heterocycles. The Labute approximate surface area is 96.6 Å². The summed E-state index contributed by atoms with van der Waals surface area (Å²) in [4.78, 5) is 0.